The maximum Gasteiger partial charge on any atom is 0.324 e. The zero-order chi connectivity index (χ0) is 31.8. The third-order valence-corrected chi connectivity index (χ3v) is 11.0. The molecule has 236 valence electrons. The highest BCUT2D eigenvalue weighted by Gasteiger charge is 2.32. The van der Waals surface area contributed by atoms with Gasteiger partial charge in [-0.15, -0.1) is 0 Å². The molecule has 0 saturated carbocycles. The molecule has 45 heavy (non-hydrogen) atoms. The summed E-state index contributed by atoms with van der Waals surface area (Å²) in [6, 6.07) is 17.4. The van der Waals surface area contributed by atoms with E-state index < -0.39 is 10.2 Å². The molecule has 2 aliphatic rings. The second kappa shape index (κ2) is 12.4. The van der Waals surface area contributed by atoms with Gasteiger partial charge in [0, 0.05) is 41.7 Å². The Hall–Kier alpha value is -4.00. The summed E-state index contributed by atoms with van der Waals surface area (Å²) in [7, 11) is -3.60. The molecule has 1 saturated heterocycles. The first-order valence-corrected chi connectivity index (χ1v) is 17.4. The predicted molar refractivity (Wildman–Crippen MR) is 180 cm³/mol. The summed E-state index contributed by atoms with van der Waals surface area (Å²) in [4.78, 5) is 13.3. The molecule has 6 rings (SSSR count). The van der Waals surface area contributed by atoms with Crippen LogP contribution in [0.25, 0.3) is 18.0 Å². The topological polar surface area (TPSA) is 112 Å². The van der Waals surface area contributed by atoms with E-state index in [2.05, 4.69) is 35.8 Å². The minimum absolute atomic E-state index is 0.195. The SMILES string of the molecule is Cc1ccc(-n2nc(C(C)(C)C)cc2NC(=O)Nc2ccccc2CC2CCN(S(=O)(=O)N3C=c4cnsc4=CC3)CC2)cc1. The van der Waals surface area contributed by atoms with E-state index in [1.807, 2.05) is 67.6 Å². The van der Waals surface area contributed by atoms with Gasteiger partial charge in [0.2, 0.25) is 0 Å². The number of carbonyl (C=O) groups is 1. The molecule has 4 heterocycles. The Morgan fingerprint density at radius 3 is 2.51 bits per heavy atom. The van der Waals surface area contributed by atoms with Crippen molar-refractivity contribution in [2.75, 3.05) is 30.3 Å². The number of aromatic nitrogens is 3. The van der Waals surface area contributed by atoms with Crippen molar-refractivity contribution < 1.29 is 13.2 Å². The standard InChI is InChI=1S/C33H39N7O3S2/c1-23-9-11-27(12-10-23)40-31(20-30(37-40)33(2,3)4)36-32(41)35-28-8-6-5-7-25(28)19-24-13-16-38(17-14-24)45(42,43)39-18-15-29-26(22-39)21-34-44-29/h5-12,15,20-22,24H,13-14,16-19H2,1-4H3,(H2,35,36,41). The Morgan fingerprint density at radius 1 is 1.04 bits per heavy atom. The fourth-order valence-corrected chi connectivity index (χ4v) is 7.78. The fraction of sp³-hybridized carbons (Fsp3) is 0.364. The van der Waals surface area contributed by atoms with Crippen molar-refractivity contribution in [2.24, 2.45) is 5.92 Å². The van der Waals surface area contributed by atoms with E-state index in [-0.39, 0.29) is 11.4 Å². The number of rotatable bonds is 7. The van der Waals surface area contributed by atoms with Gasteiger partial charge in [0.1, 0.15) is 5.82 Å². The maximum absolute atomic E-state index is 13.4. The summed E-state index contributed by atoms with van der Waals surface area (Å²) in [5, 5.41) is 11.7. The lowest BCUT2D eigenvalue weighted by Crippen LogP contribution is -2.47. The van der Waals surface area contributed by atoms with Crippen LogP contribution in [-0.4, -0.2) is 56.8 Å². The van der Waals surface area contributed by atoms with Crippen LogP contribution >= 0.6 is 11.5 Å². The minimum atomic E-state index is -3.60. The van der Waals surface area contributed by atoms with Gasteiger partial charge in [-0.1, -0.05) is 56.7 Å². The van der Waals surface area contributed by atoms with E-state index in [4.69, 9.17) is 5.10 Å². The molecule has 12 heteroatoms. The van der Waals surface area contributed by atoms with Crippen molar-refractivity contribution in [3.8, 4) is 5.69 Å². The van der Waals surface area contributed by atoms with E-state index in [0.29, 0.717) is 31.4 Å². The second-order valence-corrected chi connectivity index (χ2v) is 15.5. The van der Waals surface area contributed by atoms with Gasteiger partial charge in [0.05, 0.1) is 28.7 Å². The molecule has 2 aromatic heterocycles. The van der Waals surface area contributed by atoms with Crippen LogP contribution in [0, 0.1) is 12.8 Å². The molecule has 2 aromatic carbocycles. The molecule has 0 spiro atoms. The lowest BCUT2D eigenvalue weighted by molar-refractivity contribution is 0.261. The number of aryl methyl sites for hydroxylation is 1. The number of anilines is 2. The highest BCUT2D eigenvalue weighted by molar-refractivity contribution is 7.87. The van der Waals surface area contributed by atoms with Gasteiger partial charge < -0.3 is 5.32 Å². The van der Waals surface area contributed by atoms with Crippen LogP contribution in [0.4, 0.5) is 16.3 Å². The number of fused-ring (bicyclic) bond motifs is 1. The van der Waals surface area contributed by atoms with Crippen LogP contribution < -0.4 is 20.4 Å². The van der Waals surface area contributed by atoms with Crippen LogP contribution in [0.15, 0.2) is 60.8 Å². The van der Waals surface area contributed by atoms with Gasteiger partial charge in [-0.05, 0) is 73.5 Å². The van der Waals surface area contributed by atoms with Crippen LogP contribution in [0.2, 0.25) is 0 Å². The number of hydrogen-bond acceptors (Lipinski definition) is 6. The molecule has 4 aromatic rings. The Morgan fingerprint density at radius 2 is 1.78 bits per heavy atom. The third kappa shape index (κ3) is 6.82. The van der Waals surface area contributed by atoms with Crippen LogP contribution in [0.1, 0.15) is 50.4 Å². The van der Waals surface area contributed by atoms with Crippen molar-refractivity contribution in [3.63, 3.8) is 0 Å². The molecule has 2 amide bonds. The second-order valence-electron chi connectivity index (χ2n) is 12.8. The molecular weight excluding hydrogens is 607 g/mol. The summed E-state index contributed by atoms with van der Waals surface area (Å²) in [5.41, 5.74) is 4.45. The molecule has 2 N–H and O–H groups in total. The van der Waals surface area contributed by atoms with Gasteiger partial charge in [-0.25, -0.2) is 9.48 Å². The van der Waals surface area contributed by atoms with Gasteiger partial charge in [-0.3, -0.25) is 9.62 Å². The lowest BCUT2D eigenvalue weighted by atomic mass is 9.90. The summed E-state index contributed by atoms with van der Waals surface area (Å²) >= 11 is 1.38. The van der Waals surface area contributed by atoms with Crippen LogP contribution in [0.3, 0.4) is 0 Å². The minimum Gasteiger partial charge on any atom is -0.307 e. The van der Waals surface area contributed by atoms with Crippen molar-refractivity contribution in [1.29, 1.82) is 0 Å². The normalized spacial score (nSPS) is 16.0. The first-order valence-electron chi connectivity index (χ1n) is 15.2. The molecule has 0 atom stereocenters. The number of amides is 2. The third-order valence-electron chi connectivity index (χ3n) is 8.34. The van der Waals surface area contributed by atoms with E-state index >= 15 is 0 Å². The maximum atomic E-state index is 13.4. The Kier molecular flexibility index (Phi) is 8.55. The molecular formula is C33H39N7O3S2. The fourth-order valence-electron chi connectivity index (χ4n) is 5.66. The molecule has 2 aliphatic heterocycles. The largest absolute Gasteiger partial charge is 0.324 e. The van der Waals surface area contributed by atoms with Gasteiger partial charge in [0.25, 0.3) is 0 Å². The highest BCUT2D eigenvalue weighted by atomic mass is 32.2. The number of nitrogens with zero attached hydrogens (tertiary/aromatic N) is 5. The number of hydrogen-bond donors (Lipinski definition) is 2. The lowest BCUT2D eigenvalue weighted by Gasteiger charge is -2.34. The molecule has 1 fully saturated rings. The Labute approximate surface area is 268 Å². The summed E-state index contributed by atoms with van der Waals surface area (Å²) < 4.78 is 36.7. The van der Waals surface area contributed by atoms with Crippen molar-refractivity contribution in [1.82, 2.24) is 22.8 Å². The van der Waals surface area contributed by atoms with Crippen LogP contribution in [0.5, 0.6) is 0 Å². The summed E-state index contributed by atoms with van der Waals surface area (Å²) in [6.07, 6.45) is 7.54. The zero-order valence-corrected chi connectivity index (χ0v) is 27.7. The van der Waals surface area contributed by atoms with Crippen LogP contribution in [-0.2, 0) is 22.0 Å². The van der Waals surface area contributed by atoms with E-state index in [9.17, 15) is 13.2 Å². The number of benzene rings is 2. The van der Waals surface area contributed by atoms with Crippen molar-refractivity contribution in [3.05, 3.63) is 87.4 Å². The van der Waals surface area contributed by atoms with Gasteiger partial charge in [-0.2, -0.15) is 22.2 Å². The van der Waals surface area contributed by atoms with E-state index in [1.165, 1.54) is 15.8 Å². The molecule has 0 unspecified atom stereocenters. The average Bonchev–Trinajstić information content (AvgIpc) is 3.66. The molecule has 0 radical (unpaired) electrons. The van der Waals surface area contributed by atoms with Crippen molar-refractivity contribution in [2.45, 2.75) is 52.4 Å². The number of nitrogens with one attached hydrogen (secondary N) is 2. The Balaban J connectivity index is 1.11. The molecule has 0 aliphatic carbocycles. The highest BCUT2D eigenvalue weighted by Crippen LogP contribution is 2.29. The number of carbonyl (C=O) groups excluding carboxylic acids is 1. The first kappa shape index (κ1) is 31.0. The molecule has 10 nitrogen and oxygen atoms in total. The van der Waals surface area contributed by atoms with E-state index in [0.717, 1.165) is 57.2 Å². The van der Waals surface area contributed by atoms with E-state index in [1.54, 1.807) is 21.4 Å². The van der Waals surface area contributed by atoms with Gasteiger partial charge in [0.15, 0.2) is 0 Å². The molecule has 0 bridgehead atoms. The first-order chi connectivity index (χ1) is 21.5. The quantitative estimate of drug-likeness (QED) is 0.305. The zero-order valence-electron chi connectivity index (χ0n) is 26.0. The van der Waals surface area contributed by atoms with Gasteiger partial charge >= 0.3 is 16.2 Å². The monoisotopic (exact) mass is 645 g/mol. The smallest absolute Gasteiger partial charge is 0.307 e. The predicted octanol–water partition coefficient (Wildman–Crippen LogP) is 4.61. The Bertz CT molecular complexity index is 1920. The van der Waals surface area contributed by atoms with Crippen molar-refractivity contribution >= 4 is 51.6 Å². The average molecular weight is 646 g/mol. The number of para-hydroxylation sites is 1. The summed E-state index contributed by atoms with van der Waals surface area (Å²) in [5.74, 6) is 0.881. The number of urea groups is 1. The summed E-state index contributed by atoms with van der Waals surface area (Å²) in [6.45, 7) is 9.56. The number of piperidine rings is 1.